The van der Waals surface area contributed by atoms with E-state index in [1.165, 1.54) is 17.5 Å². The Balaban J connectivity index is 1.44. The molecule has 3 fully saturated rings. The minimum absolute atomic E-state index is 0.0530. The first kappa shape index (κ1) is 21.0. The van der Waals surface area contributed by atoms with Crippen LogP contribution in [0.2, 0.25) is 0 Å². The lowest BCUT2D eigenvalue weighted by Gasteiger charge is -2.55. The van der Waals surface area contributed by atoms with Gasteiger partial charge in [0.2, 0.25) is 0 Å². The number of fused-ring (bicyclic) bond motifs is 3. The van der Waals surface area contributed by atoms with Crippen molar-refractivity contribution < 1.29 is 27.1 Å². The number of benzene rings is 1. The number of oxazole rings is 1. The van der Waals surface area contributed by atoms with Gasteiger partial charge in [-0.25, -0.2) is 9.78 Å². The summed E-state index contributed by atoms with van der Waals surface area (Å²) in [5.74, 6) is 0. The lowest BCUT2D eigenvalue weighted by molar-refractivity contribution is -0.137. The summed E-state index contributed by atoms with van der Waals surface area (Å²) in [6.45, 7) is 6.41. The summed E-state index contributed by atoms with van der Waals surface area (Å²) < 4.78 is 51.8. The number of halogens is 3. The molecule has 11 heteroatoms. The molecule has 3 aliphatic heterocycles. The molecule has 2 bridgehead atoms. The lowest BCUT2D eigenvalue weighted by Crippen LogP contribution is -2.70. The monoisotopic (exact) mass is 466 g/mol. The number of piperazine rings is 1. The van der Waals surface area contributed by atoms with Crippen LogP contribution in [0.4, 0.5) is 24.0 Å². The minimum Gasteiger partial charge on any atom is -0.444 e. The Hall–Kier alpha value is -2.82. The van der Waals surface area contributed by atoms with Gasteiger partial charge in [0.25, 0.3) is 6.01 Å². The van der Waals surface area contributed by atoms with Crippen LogP contribution in [0.15, 0.2) is 28.1 Å². The van der Waals surface area contributed by atoms with Crippen molar-refractivity contribution in [1.29, 1.82) is 0 Å². The zero-order valence-corrected chi connectivity index (χ0v) is 18.5. The van der Waals surface area contributed by atoms with Crippen LogP contribution in [0.3, 0.4) is 0 Å². The van der Waals surface area contributed by atoms with Crippen molar-refractivity contribution >= 4 is 34.5 Å². The molecule has 0 saturated carbocycles. The fraction of sp³-hybridized carbons (Fsp3) is 0.476. The Morgan fingerprint density at radius 2 is 1.94 bits per heavy atom. The summed E-state index contributed by atoms with van der Waals surface area (Å²) in [4.78, 5) is 24.6. The molecule has 6 rings (SSSR count). The first-order valence-electron chi connectivity index (χ1n) is 10.2. The van der Waals surface area contributed by atoms with Crippen LogP contribution in [0.5, 0.6) is 0 Å². The summed E-state index contributed by atoms with van der Waals surface area (Å²) in [5.41, 5.74) is -0.716. The molecular weight excluding hydrogens is 445 g/mol. The second-order valence-electron chi connectivity index (χ2n) is 9.04. The highest BCUT2D eigenvalue weighted by atomic mass is 32.1. The third-order valence-corrected chi connectivity index (χ3v) is 6.34. The quantitative estimate of drug-likeness (QED) is 0.519. The maximum atomic E-state index is 13.5. The molecule has 0 spiro atoms. The fourth-order valence-corrected chi connectivity index (χ4v) is 4.86. The average Bonchev–Trinajstić information content (AvgIpc) is 3.34. The minimum atomic E-state index is -4.51. The second kappa shape index (κ2) is 7.09. The average molecular weight is 466 g/mol. The van der Waals surface area contributed by atoms with Crippen LogP contribution in [0.25, 0.3) is 21.7 Å². The molecule has 1 amide bonds. The number of piperidine rings is 1. The number of alkyl halides is 3. The third-order valence-electron chi connectivity index (χ3n) is 5.54. The highest BCUT2D eigenvalue weighted by Crippen LogP contribution is 2.41. The summed E-state index contributed by atoms with van der Waals surface area (Å²) in [6.07, 6.45) is -2.48. The molecule has 32 heavy (non-hydrogen) atoms. The molecule has 2 atom stereocenters. The maximum absolute atomic E-state index is 13.5. The normalized spacial score (nSPS) is 21.1. The van der Waals surface area contributed by atoms with Crippen LogP contribution in [0, 0.1) is 0 Å². The highest BCUT2D eigenvalue weighted by molar-refractivity contribution is 7.13. The number of amides is 1. The van der Waals surface area contributed by atoms with Crippen molar-refractivity contribution in [2.75, 3.05) is 18.0 Å². The third kappa shape index (κ3) is 3.68. The first-order chi connectivity index (χ1) is 15.0. The van der Waals surface area contributed by atoms with Crippen molar-refractivity contribution in [1.82, 2.24) is 14.9 Å². The number of rotatable bonds is 2. The first-order valence-corrected chi connectivity index (χ1v) is 11.1. The SMILES string of the molecule is CC(C)(C)OC(=O)N1C2CC1CN(c1nc3cc(C(F)(F)F)cc(-c4nccs4)c3o1)C2. The Kier molecular flexibility index (Phi) is 4.66. The van der Waals surface area contributed by atoms with E-state index in [9.17, 15) is 18.0 Å². The van der Waals surface area contributed by atoms with E-state index in [-0.39, 0.29) is 40.9 Å². The van der Waals surface area contributed by atoms with E-state index in [2.05, 4.69) is 9.97 Å². The Labute approximate surface area is 185 Å². The van der Waals surface area contributed by atoms with Gasteiger partial charge in [0.1, 0.15) is 16.1 Å². The largest absolute Gasteiger partial charge is 0.444 e. The van der Waals surface area contributed by atoms with Crippen molar-refractivity contribution in [3.63, 3.8) is 0 Å². The van der Waals surface area contributed by atoms with Gasteiger partial charge in [-0.1, -0.05) is 0 Å². The van der Waals surface area contributed by atoms with Crippen LogP contribution in [0.1, 0.15) is 32.8 Å². The fourth-order valence-electron chi connectivity index (χ4n) is 4.21. The molecule has 7 nitrogen and oxygen atoms in total. The van der Waals surface area contributed by atoms with Gasteiger partial charge < -0.3 is 14.1 Å². The predicted octanol–water partition coefficient (Wildman–Crippen LogP) is 5.17. The zero-order chi connectivity index (χ0) is 22.8. The van der Waals surface area contributed by atoms with Crippen LogP contribution >= 0.6 is 11.3 Å². The Bertz CT molecular complexity index is 1160. The molecular formula is C21H21F3N4O3S. The van der Waals surface area contributed by atoms with E-state index in [4.69, 9.17) is 9.15 Å². The predicted molar refractivity (Wildman–Crippen MR) is 113 cm³/mol. The zero-order valence-electron chi connectivity index (χ0n) is 17.6. The molecule has 2 aromatic heterocycles. The molecule has 1 aromatic carbocycles. The van der Waals surface area contributed by atoms with Crippen molar-refractivity contribution in [3.8, 4) is 10.6 Å². The number of anilines is 1. The van der Waals surface area contributed by atoms with Crippen LogP contribution < -0.4 is 4.90 Å². The summed E-state index contributed by atoms with van der Waals surface area (Å²) in [5, 5.41) is 2.13. The van der Waals surface area contributed by atoms with E-state index < -0.39 is 17.3 Å². The van der Waals surface area contributed by atoms with Crippen molar-refractivity contribution in [2.24, 2.45) is 0 Å². The molecule has 3 aliphatic rings. The maximum Gasteiger partial charge on any atom is 0.416 e. The summed E-state index contributed by atoms with van der Waals surface area (Å²) >= 11 is 1.23. The van der Waals surface area contributed by atoms with Crippen molar-refractivity contribution in [3.05, 3.63) is 29.3 Å². The second-order valence-corrected chi connectivity index (χ2v) is 9.93. The smallest absolute Gasteiger partial charge is 0.416 e. The van der Waals surface area contributed by atoms with E-state index in [1.807, 2.05) is 25.7 Å². The molecule has 0 radical (unpaired) electrons. The number of hydrogen-bond donors (Lipinski definition) is 0. The molecule has 0 N–H and O–H groups in total. The summed E-state index contributed by atoms with van der Waals surface area (Å²) in [6, 6.07) is 2.19. The molecule has 3 saturated heterocycles. The van der Waals surface area contributed by atoms with Gasteiger partial charge in [-0.2, -0.15) is 18.2 Å². The molecule has 2 unspecified atom stereocenters. The van der Waals surface area contributed by atoms with Gasteiger partial charge in [0.05, 0.1) is 23.2 Å². The Morgan fingerprint density at radius 3 is 2.53 bits per heavy atom. The highest BCUT2D eigenvalue weighted by Gasteiger charge is 2.49. The number of carbonyl (C=O) groups is 1. The van der Waals surface area contributed by atoms with Crippen molar-refractivity contribution in [2.45, 2.75) is 51.1 Å². The lowest BCUT2D eigenvalue weighted by atomic mass is 9.88. The molecule has 3 aromatic rings. The number of thiazole rings is 1. The molecule has 170 valence electrons. The topological polar surface area (TPSA) is 71.7 Å². The van der Waals surface area contributed by atoms with Gasteiger partial charge in [0.15, 0.2) is 5.58 Å². The van der Waals surface area contributed by atoms with Gasteiger partial charge >= 0.3 is 12.3 Å². The number of aromatic nitrogens is 2. The van der Waals surface area contributed by atoms with E-state index in [0.717, 1.165) is 18.6 Å². The summed E-state index contributed by atoms with van der Waals surface area (Å²) in [7, 11) is 0. The van der Waals surface area contributed by atoms with E-state index in [0.29, 0.717) is 18.1 Å². The molecule has 5 heterocycles. The van der Waals surface area contributed by atoms with Crippen LogP contribution in [-0.4, -0.2) is 51.7 Å². The van der Waals surface area contributed by atoms with Gasteiger partial charge in [-0.05, 0) is 39.3 Å². The van der Waals surface area contributed by atoms with Gasteiger partial charge in [-0.15, -0.1) is 11.3 Å². The van der Waals surface area contributed by atoms with E-state index >= 15 is 0 Å². The van der Waals surface area contributed by atoms with Gasteiger partial charge in [0, 0.05) is 24.7 Å². The number of ether oxygens (including phenoxy) is 1. The molecule has 0 aliphatic carbocycles. The van der Waals surface area contributed by atoms with E-state index in [1.54, 1.807) is 10.3 Å². The Morgan fingerprint density at radius 1 is 1.22 bits per heavy atom. The van der Waals surface area contributed by atoms with Crippen LogP contribution in [-0.2, 0) is 10.9 Å². The standard InChI is InChI=1S/C21H21F3N4O3S/c1-20(2,3)31-19(29)28-12-8-13(28)10-27(9-12)18-26-15-7-11(21(22,23)24)6-14(16(15)30-18)17-25-4-5-32-17/h4-7,12-13H,8-10H2,1-3H3. The number of nitrogens with zero attached hydrogens (tertiary/aromatic N) is 4. The number of carbonyl (C=O) groups excluding carboxylic acids is 1. The van der Waals surface area contributed by atoms with Gasteiger partial charge in [-0.3, -0.25) is 4.90 Å². The number of hydrogen-bond acceptors (Lipinski definition) is 7.